The van der Waals surface area contributed by atoms with Crippen LogP contribution in [0.1, 0.15) is 11.1 Å². The Hall–Kier alpha value is -3.08. The molecule has 1 fully saturated rings. The standard InChI is InChI=1S/C21H17F2N3O2/c22-16-5-15(6-17-10-25-3-4-27-17)21(20-11-26-12-28-20)18(8-16)13-1-2-14(9-24)19(23)7-13/h1-2,5,7-8,11-12,17,25H,3-4,6,10H2. The molecular weight excluding hydrogens is 364 g/mol. The molecule has 1 N–H and O–H groups in total. The van der Waals surface area contributed by atoms with Gasteiger partial charge >= 0.3 is 0 Å². The van der Waals surface area contributed by atoms with Crippen LogP contribution in [-0.4, -0.2) is 30.8 Å². The van der Waals surface area contributed by atoms with Crippen LogP contribution in [0, 0.1) is 23.0 Å². The number of nitriles is 1. The predicted molar refractivity (Wildman–Crippen MR) is 98.3 cm³/mol. The molecule has 2 heterocycles. The van der Waals surface area contributed by atoms with Crippen LogP contribution in [0.5, 0.6) is 0 Å². The number of aromatic nitrogens is 1. The molecule has 1 aliphatic rings. The third kappa shape index (κ3) is 3.65. The molecule has 1 saturated heterocycles. The van der Waals surface area contributed by atoms with Crippen molar-refractivity contribution >= 4 is 0 Å². The lowest BCUT2D eigenvalue weighted by atomic mass is 9.90. The minimum absolute atomic E-state index is 0.0664. The zero-order chi connectivity index (χ0) is 19.5. The van der Waals surface area contributed by atoms with Gasteiger partial charge in [-0.25, -0.2) is 13.8 Å². The Morgan fingerprint density at radius 2 is 2.14 bits per heavy atom. The topological polar surface area (TPSA) is 71.1 Å². The van der Waals surface area contributed by atoms with E-state index in [1.807, 2.05) is 0 Å². The lowest BCUT2D eigenvalue weighted by molar-refractivity contribution is 0.0293. The Labute approximate surface area is 160 Å². The molecule has 4 rings (SSSR count). The van der Waals surface area contributed by atoms with Crippen molar-refractivity contribution in [2.75, 3.05) is 19.7 Å². The first-order valence-electron chi connectivity index (χ1n) is 8.89. The number of hydrogen-bond donors (Lipinski definition) is 1. The van der Waals surface area contributed by atoms with Gasteiger partial charge in [0.05, 0.1) is 24.5 Å². The highest BCUT2D eigenvalue weighted by atomic mass is 19.1. The Bertz CT molecular complexity index is 1020. The van der Waals surface area contributed by atoms with E-state index in [2.05, 4.69) is 10.3 Å². The second-order valence-corrected chi connectivity index (χ2v) is 6.56. The quantitative estimate of drug-likeness (QED) is 0.746. The van der Waals surface area contributed by atoms with E-state index in [-0.39, 0.29) is 11.7 Å². The van der Waals surface area contributed by atoms with Crippen LogP contribution in [-0.2, 0) is 11.2 Å². The molecule has 1 aliphatic heterocycles. The summed E-state index contributed by atoms with van der Waals surface area (Å²) >= 11 is 0. The van der Waals surface area contributed by atoms with Gasteiger partial charge in [0.2, 0.25) is 0 Å². The summed E-state index contributed by atoms with van der Waals surface area (Å²) in [5.41, 5.74) is 2.18. The van der Waals surface area contributed by atoms with Gasteiger partial charge in [-0.3, -0.25) is 0 Å². The average molecular weight is 381 g/mol. The summed E-state index contributed by atoms with van der Waals surface area (Å²) < 4.78 is 39.9. The smallest absolute Gasteiger partial charge is 0.181 e. The van der Waals surface area contributed by atoms with Crippen molar-refractivity contribution in [1.29, 1.82) is 5.26 Å². The molecule has 5 nitrogen and oxygen atoms in total. The summed E-state index contributed by atoms with van der Waals surface area (Å²) in [5, 5.41) is 12.2. The van der Waals surface area contributed by atoms with E-state index in [9.17, 15) is 8.78 Å². The van der Waals surface area contributed by atoms with Gasteiger partial charge in [-0.15, -0.1) is 0 Å². The van der Waals surface area contributed by atoms with Crippen LogP contribution in [0.25, 0.3) is 22.5 Å². The lowest BCUT2D eigenvalue weighted by Gasteiger charge is -2.25. The molecule has 142 valence electrons. The summed E-state index contributed by atoms with van der Waals surface area (Å²) in [6, 6.07) is 8.78. The third-order valence-electron chi connectivity index (χ3n) is 4.72. The van der Waals surface area contributed by atoms with Crippen molar-refractivity contribution in [3.05, 3.63) is 65.7 Å². The number of nitrogens with zero attached hydrogens (tertiary/aromatic N) is 2. The van der Waals surface area contributed by atoms with E-state index in [1.54, 1.807) is 18.3 Å². The van der Waals surface area contributed by atoms with Gasteiger partial charge in [-0.2, -0.15) is 5.26 Å². The highest BCUT2D eigenvalue weighted by Crippen LogP contribution is 2.37. The molecule has 0 amide bonds. The first kappa shape index (κ1) is 18.3. The molecule has 28 heavy (non-hydrogen) atoms. The molecule has 2 aromatic carbocycles. The van der Waals surface area contributed by atoms with Crippen molar-refractivity contribution in [3.8, 4) is 28.5 Å². The molecule has 1 atom stereocenters. The molecule has 0 radical (unpaired) electrons. The number of hydrogen-bond acceptors (Lipinski definition) is 5. The summed E-state index contributed by atoms with van der Waals surface area (Å²) in [5.74, 6) is -0.644. The Morgan fingerprint density at radius 1 is 1.25 bits per heavy atom. The third-order valence-corrected chi connectivity index (χ3v) is 4.72. The normalized spacial score (nSPS) is 16.7. The average Bonchev–Trinajstić information content (AvgIpc) is 3.22. The number of nitrogens with one attached hydrogen (secondary N) is 1. The highest BCUT2D eigenvalue weighted by molar-refractivity contribution is 5.83. The second kappa shape index (κ2) is 7.89. The SMILES string of the molecule is N#Cc1ccc(-c2cc(F)cc(CC3CNCCO3)c2-c2cnco2)cc1F. The summed E-state index contributed by atoms with van der Waals surface area (Å²) in [6.07, 6.45) is 3.19. The van der Waals surface area contributed by atoms with E-state index in [4.69, 9.17) is 14.4 Å². The summed E-state index contributed by atoms with van der Waals surface area (Å²) in [7, 11) is 0. The zero-order valence-electron chi connectivity index (χ0n) is 14.9. The van der Waals surface area contributed by atoms with E-state index in [1.165, 1.54) is 30.7 Å². The molecule has 7 heteroatoms. The fourth-order valence-corrected chi connectivity index (χ4v) is 3.45. The van der Waals surface area contributed by atoms with Crippen LogP contribution < -0.4 is 5.32 Å². The lowest BCUT2D eigenvalue weighted by Crippen LogP contribution is -2.39. The molecule has 0 spiro atoms. The largest absolute Gasteiger partial charge is 0.443 e. The number of benzene rings is 2. The number of rotatable bonds is 4. The Balaban J connectivity index is 1.85. The zero-order valence-corrected chi connectivity index (χ0v) is 14.9. The predicted octanol–water partition coefficient (Wildman–Crippen LogP) is 3.69. The Kier molecular flexibility index (Phi) is 5.15. The Morgan fingerprint density at radius 3 is 2.82 bits per heavy atom. The maximum atomic E-state index is 14.5. The van der Waals surface area contributed by atoms with E-state index in [0.717, 1.165) is 6.54 Å². The number of morpholine rings is 1. The first-order chi connectivity index (χ1) is 13.7. The molecule has 1 unspecified atom stereocenters. The number of ether oxygens (including phenoxy) is 1. The van der Waals surface area contributed by atoms with E-state index < -0.39 is 11.6 Å². The van der Waals surface area contributed by atoms with E-state index in [0.29, 0.717) is 47.6 Å². The van der Waals surface area contributed by atoms with Crippen LogP contribution in [0.4, 0.5) is 8.78 Å². The van der Waals surface area contributed by atoms with Gasteiger partial charge in [0.25, 0.3) is 0 Å². The molecular formula is C21H17F2N3O2. The van der Waals surface area contributed by atoms with Crippen molar-refractivity contribution in [2.45, 2.75) is 12.5 Å². The maximum Gasteiger partial charge on any atom is 0.181 e. The highest BCUT2D eigenvalue weighted by Gasteiger charge is 2.22. The number of oxazole rings is 1. The molecule has 0 saturated carbocycles. The maximum absolute atomic E-state index is 14.5. The fourth-order valence-electron chi connectivity index (χ4n) is 3.45. The fraction of sp³-hybridized carbons (Fsp3) is 0.238. The molecule has 0 bridgehead atoms. The summed E-state index contributed by atoms with van der Waals surface area (Å²) in [4.78, 5) is 3.97. The van der Waals surface area contributed by atoms with Gasteiger partial charge in [-0.05, 0) is 41.0 Å². The van der Waals surface area contributed by atoms with Crippen LogP contribution in [0.15, 0.2) is 47.3 Å². The summed E-state index contributed by atoms with van der Waals surface area (Å²) in [6.45, 7) is 2.03. The second-order valence-electron chi connectivity index (χ2n) is 6.56. The van der Waals surface area contributed by atoms with Gasteiger partial charge in [0.15, 0.2) is 12.2 Å². The van der Waals surface area contributed by atoms with Gasteiger partial charge in [-0.1, -0.05) is 6.07 Å². The van der Waals surface area contributed by atoms with Crippen LogP contribution in [0.3, 0.4) is 0 Å². The van der Waals surface area contributed by atoms with Crippen molar-refractivity contribution in [1.82, 2.24) is 10.3 Å². The van der Waals surface area contributed by atoms with Crippen LogP contribution >= 0.6 is 0 Å². The van der Waals surface area contributed by atoms with Gasteiger partial charge in [0.1, 0.15) is 17.7 Å². The molecule has 1 aromatic heterocycles. The van der Waals surface area contributed by atoms with Gasteiger partial charge in [0, 0.05) is 25.1 Å². The minimum atomic E-state index is -0.658. The van der Waals surface area contributed by atoms with Crippen molar-refractivity contribution in [3.63, 3.8) is 0 Å². The monoisotopic (exact) mass is 381 g/mol. The molecule has 3 aromatic rings. The van der Waals surface area contributed by atoms with Gasteiger partial charge < -0.3 is 14.5 Å². The number of halogens is 2. The van der Waals surface area contributed by atoms with Crippen LogP contribution in [0.2, 0.25) is 0 Å². The first-order valence-corrected chi connectivity index (χ1v) is 8.89. The van der Waals surface area contributed by atoms with Crippen molar-refractivity contribution < 1.29 is 17.9 Å². The van der Waals surface area contributed by atoms with E-state index >= 15 is 0 Å². The van der Waals surface area contributed by atoms with Crippen molar-refractivity contribution in [2.24, 2.45) is 0 Å². The minimum Gasteiger partial charge on any atom is -0.443 e. The molecule has 0 aliphatic carbocycles.